The average Bonchev–Trinajstić information content (AvgIpc) is 2.31. The predicted octanol–water partition coefficient (Wildman–Crippen LogP) is 6.01. The van der Waals surface area contributed by atoms with Crippen LogP contribution < -0.4 is 0 Å². The molecular formula is C17H18BrI. The van der Waals surface area contributed by atoms with Crippen LogP contribution in [0.5, 0.6) is 0 Å². The van der Waals surface area contributed by atoms with Gasteiger partial charge in [0.05, 0.1) is 4.83 Å². The Balaban J connectivity index is 2.56. The second-order valence-corrected chi connectivity index (χ2v) is 7.15. The lowest BCUT2D eigenvalue weighted by molar-refractivity contribution is 1.09. The molecule has 1 atom stereocenters. The fourth-order valence-electron chi connectivity index (χ4n) is 2.61. The van der Waals surface area contributed by atoms with E-state index in [9.17, 15) is 0 Å². The van der Waals surface area contributed by atoms with E-state index in [1.54, 1.807) is 0 Å². The molecule has 0 spiro atoms. The van der Waals surface area contributed by atoms with Gasteiger partial charge in [0.25, 0.3) is 0 Å². The van der Waals surface area contributed by atoms with Gasteiger partial charge in [-0.1, -0.05) is 51.8 Å². The van der Waals surface area contributed by atoms with E-state index in [0.29, 0.717) is 0 Å². The number of halogens is 2. The fraction of sp³-hybridized carbons (Fsp3) is 0.294. The van der Waals surface area contributed by atoms with Crippen molar-refractivity contribution in [1.82, 2.24) is 0 Å². The Hall–Kier alpha value is -0.350. The Morgan fingerprint density at radius 2 is 1.53 bits per heavy atom. The lowest BCUT2D eigenvalue weighted by Crippen LogP contribution is -2.02. The van der Waals surface area contributed by atoms with Crippen molar-refractivity contribution >= 4 is 38.5 Å². The van der Waals surface area contributed by atoms with Gasteiger partial charge in [-0.2, -0.15) is 0 Å². The molecule has 0 fully saturated rings. The molecule has 0 heterocycles. The maximum absolute atomic E-state index is 3.90. The highest BCUT2D eigenvalue weighted by atomic mass is 127. The quantitative estimate of drug-likeness (QED) is 0.405. The minimum atomic E-state index is 0.264. The van der Waals surface area contributed by atoms with Gasteiger partial charge in [0, 0.05) is 3.57 Å². The van der Waals surface area contributed by atoms with E-state index in [1.807, 2.05) is 0 Å². The van der Waals surface area contributed by atoms with Crippen LogP contribution >= 0.6 is 38.5 Å². The third-order valence-electron chi connectivity index (χ3n) is 3.49. The van der Waals surface area contributed by atoms with Crippen molar-refractivity contribution in [2.24, 2.45) is 0 Å². The van der Waals surface area contributed by atoms with Crippen molar-refractivity contribution in [1.29, 1.82) is 0 Å². The molecule has 0 aliphatic rings. The maximum atomic E-state index is 3.90. The molecular weight excluding hydrogens is 411 g/mol. The normalized spacial score (nSPS) is 12.5. The lowest BCUT2D eigenvalue weighted by Gasteiger charge is -2.19. The molecule has 0 amide bonds. The number of aryl methyl sites for hydroxylation is 4. The van der Waals surface area contributed by atoms with E-state index >= 15 is 0 Å². The van der Waals surface area contributed by atoms with Crippen molar-refractivity contribution in [2.45, 2.75) is 32.5 Å². The van der Waals surface area contributed by atoms with Gasteiger partial charge in [-0.05, 0) is 78.1 Å². The topological polar surface area (TPSA) is 0 Å². The molecule has 0 aliphatic carbocycles. The summed E-state index contributed by atoms with van der Waals surface area (Å²) in [4.78, 5) is 0.264. The lowest BCUT2D eigenvalue weighted by atomic mass is 9.93. The third kappa shape index (κ3) is 3.05. The van der Waals surface area contributed by atoms with Gasteiger partial charge >= 0.3 is 0 Å². The van der Waals surface area contributed by atoms with Crippen molar-refractivity contribution in [3.63, 3.8) is 0 Å². The van der Waals surface area contributed by atoms with Gasteiger partial charge in [-0.15, -0.1) is 0 Å². The molecule has 19 heavy (non-hydrogen) atoms. The average molecular weight is 429 g/mol. The summed E-state index contributed by atoms with van der Waals surface area (Å²) in [5.41, 5.74) is 8.14. The molecule has 0 bridgehead atoms. The molecule has 2 aromatic rings. The van der Waals surface area contributed by atoms with Gasteiger partial charge in [0.1, 0.15) is 0 Å². The maximum Gasteiger partial charge on any atom is 0.0660 e. The van der Waals surface area contributed by atoms with Gasteiger partial charge in [0.15, 0.2) is 0 Å². The zero-order chi connectivity index (χ0) is 14.2. The van der Waals surface area contributed by atoms with Crippen molar-refractivity contribution in [2.75, 3.05) is 0 Å². The second-order valence-electron chi connectivity index (χ2n) is 5.15. The Kier molecular flexibility index (Phi) is 4.72. The first-order valence-corrected chi connectivity index (χ1v) is 8.38. The van der Waals surface area contributed by atoms with Gasteiger partial charge < -0.3 is 0 Å². The molecule has 0 N–H and O–H groups in total. The summed E-state index contributed by atoms with van der Waals surface area (Å²) < 4.78 is 1.35. The molecule has 0 saturated heterocycles. The van der Waals surface area contributed by atoms with Crippen LogP contribution in [0, 0.1) is 31.3 Å². The Labute approximate surface area is 137 Å². The summed E-state index contributed by atoms with van der Waals surface area (Å²) in [6, 6.07) is 11.0. The van der Waals surface area contributed by atoms with E-state index in [2.05, 4.69) is 96.5 Å². The highest BCUT2D eigenvalue weighted by molar-refractivity contribution is 14.1. The van der Waals surface area contributed by atoms with E-state index in [-0.39, 0.29) is 4.83 Å². The summed E-state index contributed by atoms with van der Waals surface area (Å²) >= 11 is 6.35. The summed E-state index contributed by atoms with van der Waals surface area (Å²) in [5, 5.41) is 0. The van der Waals surface area contributed by atoms with E-state index in [4.69, 9.17) is 0 Å². The van der Waals surface area contributed by atoms with Crippen LogP contribution in [0.2, 0.25) is 0 Å². The zero-order valence-electron chi connectivity index (χ0n) is 11.7. The van der Waals surface area contributed by atoms with Gasteiger partial charge in [-0.3, -0.25) is 0 Å². The largest absolute Gasteiger partial charge is 0.0786 e. The second kappa shape index (κ2) is 5.96. The first kappa shape index (κ1) is 15.0. The van der Waals surface area contributed by atoms with Gasteiger partial charge in [-0.25, -0.2) is 0 Å². The molecule has 0 aliphatic heterocycles. The van der Waals surface area contributed by atoms with Crippen LogP contribution in [0.25, 0.3) is 0 Å². The summed E-state index contributed by atoms with van der Waals surface area (Å²) in [6.07, 6.45) is 0. The smallest absolute Gasteiger partial charge is 0.0660 e. The molecule has 2 heteroatoms. The van der Waals surface area contributed by atoms with Crippen LogP contribution in [0.1, 0.15) is 38.2 Å². The Morgan fingerprint density at radius 1 is 0.947 bits per heavy atom. The van der Waals surface area contributed by atoms with Crippen molar-refractivity contribution in [3.8, 4) is 0 Å². The van der Waals surface area contributed by atoms with Gasteiger partial charge in [0.2, 0.25) is 0 Å². The molecule has 0 aromatic heterocycles. The monoisotopic (exact) mass is 428 g/mol. The molecule has 2 aromatic carbocycles. The summed E-state index contributed by atoms with van der Waals surface area (Å²) in [6.45, 7) is 8.72. The highest BCUT2D eigenvalue weighted by Crippen LogP contribution is 2.38. The van der Waals surface area contributed by atoms with Crippen LogP contribution in [0.4, 0.5) is 0 Å². The molecule has 0 saturated carbocycles. The first-order chi connectivity index (χ1) is 8.91. The van der Waals surface area contributed by atoms with Crippen LogP contribution in [-0.2, 0) is 0 Å². The first-order valence-electron chi connectivity index (χ1n) is 6.38. The predicted molar refractivity (Wildman–Crippen MR) is 95.3 cm³/mol. The molecule has 2 rings (SSSR count). The van der Waals surface area contributed by atoms with Crippen molar-refractivity contribution in [3.05, 3.63) is 67.3 Å². The minimum absolute atomic E-state index is 0.264. The number of rotatable bonds is 2. The standard InChI is InChI=1S/C17H18BrI/c1-10-8-12(3)15(13(4)9-10)16(18)14-7-5-6-11(2)17(14)19/h5-9,16H,1-4H3. The Morgan fingerprint density at radius 3 is 2.11 bits per heavy atom. The van der Waals surface area contributed by atoms with Crippen LogP contribution in [0.15, 0.2) is 30.3 Å². The summed E-state index contributed by atoms with van der Waals surface area (Å²) in [7, 11) is 0. The van der Waals surface area contributed by atoms with E-state index in [1.165, 1.54) is 37.0 Å². The number of alkyl halides is 1. The van der Waals surface area contributed by atoms with E-state index < -0.39 is 0 Å². The SMILES string of the molecule is Cc1cc(C)c(C(Br)c2cccc(C)c2I)c(C)c1. The molecule has 1 unspecified atom stereocenters. The minimum Gasteiger partial charge on any atom is -0.0786 e. The highest BCUT2D eigenvalue weighted by Gasteiger charge is 2.18. The zero-order valence-corrected chi connectivity index (χ0v) is 15.5. The van der Waals surface area contributed by atoms with Crippen LogP contribution in [0.3, 0.4) is 0 Å². The Bertz CT molecular complexity index is 594. The molecule has 0 nitrogen and oxygen atoms in total. The van der Waals surface area contributed by atoms with Crippen LogP contribution in [-0.4, -0.2) is 0 Å². The van der Waals surface area contributed by atoms with Crippen molar-refractivity contribution < 1.29 is 0 Å². The third-order valence-corrected chi connectivity index (χ3v) is 5.91. The fourth-order valence-corrected chi connectivity index (χ4v) is 4.81. The number of benzene rings is 2. The van der Waals surface area contributed by atoms with E-state index in [0.717, 1.165) is 0 Å². The molecule has 100 valence electrons. The molecule has 0 radical (unpaired) electrons. The summed E-state index contributed by atoms with van der Waals surface area (Å²) in [5.74, 6) is 0. The number of hydrogen-bond acceptors (Lipinski definition) is 0. The number of hydrogen-bond donors (Lipinski definition) is 0.